The summed E-state index contributed by atoms with van der Waals surface area (Å²) in [6, 6.07) is 5.63. The summed E-state index contributed by atoms with van der Waals surface area (Å²) in [5, 5.41) is 3.25. The molecule has 0 aliphatic rings. The zero-order valence-corrected chi connectivity index (χ0v) is 10.7. The van der Waals surface area contributed by atoms with Crippen molar-refractivity contribution in [3.8, 4) is 0 Å². The third-order valence-corrected chi connectivity index (χ3v) is 3.47. The normalized spacial score (nSPS) is 10.6. The summed E-state index contributed by atoms with van der Waals surface area (Å²) in [4.78, 5) is 16.2. The first kappa shape index (κ1) is 12.3. The molecule has 0 aliphatic carbocycles. The van der Waals surface area contributed by atoms with Crippen molar-refractivity contribution in [3.63, 3.8) is 0 Å². The van der Waals surface area contributed by atoms with Crippen molar-refractivity contribution in [2.75, 3.05) is 6.54 Å². The first-order valence-electron chi connectivity index (χ1n) is 5.22. The highest BCUT2D eigenvalue weighted by Crippen LogP contribution is 2.20. The van der Waals surface area contributed by atoms with Crippen LogP contribution in [-0.4, -0.2) is 16.1 Å². The highest BCUT2D eigenvalue weighted by molar-refractivity contribution is 7.16. The van der Waals surface area contributed by atoms with Crippen molar-refractivity contribution < 1.29 is 0 Å². The maximum Gasteiger partial charge on any atom is 0.347 e. The van der Waals surface area contributed by atoms with E-state index in [1.54, 1.807) is 28.2 Å². The zero-order chi connectivity index (χ0) is 12.1. The van der Waals surface area contributed by atoms with Crippen LogP contribution in [0.1, 0.15) is 4.88 Å². The molecule has 1 N–H and O–H groups in total. The Labute approximate surface area is 108 Å². The van der Waals surface area contributed by atoms with Crippen LogP contribution in [0.25, 0.3) is 0 Å². The van der Waals surface area contributed by atoms with Gasteiger partial charge in [0.05, 0.1) is 4.34 Å². The van der Waals surface area contributed by atoms with Gasteiger partial charge in [-0.05, 0) is 18.2 Å². The lowest BCUT2D eigenvalue weighted by Crippen LogP contribution is -2.27. The average molecular weight is 270 g/mol. The molecular weight excluding hydrogens is 258 g/mol. The highest BCUT2D eigenvalue weighted by Gasteiger charge is 1.98. The molecule has 6 heteroatoms. The first-order valence-corrected chi connectivity index (χ1v) is 6.41. The van der Waals surface area contributed by atoms with E-state index < -0.39 is 0 Å². The van der Waals surface area contributed by atoms with Crippen LogP contribution in [0.2, 0.25) is 4.34 Å². The Hall–Kier alpha value is -1.17. The molecule has 0 saturated heterocycles. The number of nitrogens with zero attached hydrogens (tertiary/aromatic N) is 2. The summed E-state index contributed by atoms with van der Waals surface area (Å²) >= 11 is 7.39. The molecule has 4 nitrogen and oxygen atoms in total. The third kappa shape index (κ3) is 3.66. The lowest BCUT2D eigenvalue weighted by Gasteiger charge is -2.05. The van der Waals surface area contributed by atoms with E-state index in [9.17, 15) is 4.79 Å². The summed E-state index contributed by atoms with van der Waals surface area (Å²) in [5.74, 6) is 0. The third-order valence-electron chi connectivity index (χ3n) is 2.24. The minimum absolute atomic E-state index is 0.214. The molecule has 0 bridgehead atoms. The van der Waals surface area contributed by atoms with Crippen LogP contribution in [-0.2, 0) is 13.1 Å². The standard InChI is InChI=1S/C11H12ClN3OS/c12-10-3-2-9(17-10)8-13-5-7-15-6-1-4-14-11(15)16/h1-4,6,13H,5,7-8H2. The molecule has 2 aromatic heterocycles. The molecule has 2 aromatic rings. The van der Waals surface area contributed by atoms with Crippen molar-refractivity contribution >= 4 is 22.9 Å². The Balaban J connectivity index is 1.77. The van der Waals surface area contributed by atoms with Gasteiger partial charge in [0.15, 0.2) is 0 Å². The van der Waals surface area contributed by atoms with E-state index in [-0.39, 0.29) is 5.69 Å². The van der Waals surface area contributed by atoms with E-state index in [2.05, 4.69) is 10.3 Å². The number of aromatic nitrogens is 2. The van der Waals surface area contributed by atoms with Crippen molar-refractivity contribution in [2.45, 2.75) is 13.1 Å². The molecular formula is C11H12ClN3OS. The summed E-state index contributed by atoms with van der Waals surface area (Å²) in [6.07, 6.45) is 3.24. The van der Waals surface area contributed by atoms with Crippen LogP contribution in [0.15, 0.2) is 35.4 Å². The summed E-state index contributed by atoms with van der Waals surface area (Å²) in [5.41, 5.74) is -0.214. The second-order valence-electron chi connectivity index (χ2n) is 3.48. The van der Waals surface area contributed by atoms with Crippen LogP contribution in [0.5, 0.6) is 0 Å². The second kappa shape index (κ2) is 5.95. The van der Waals surface area contributed by atoms with Crippen molar-refractivity contribution in [1.82, 2.24) is 14.9 Å². The maximum absolute atomic E-state index is 11.3. The van der Waals surface area contributed by atoms with Crippen LogP contribution < -0.4 is 11.0 Å². The van der Waals surface area contributed by atoms with Gasteiger partial charge in [-0.3, -0.25) is 4.57 Å². The van der Waals surface area contributed by atoms with Crippen LogP contribution >= 0.6 is 22.9 Å². The molecule has 0 aromatic carbocycles. The van der Waals surface area contributed by atoms with E-state index in [0.29, 0.717) is 6.54 Å². The summed E-state index contributed by atoms with van der Waals surface area (Å²) < 4.78 is 2.37. The number of thiophene rings is 1. The Bertz CT molecular complexity index is 537. The van der Waals surface area contributed by atoms with Gasteiger partial charge >= 0.3 is 5.69 Å². The predicted octanol–water partition coefficient (Wildman–Crippen LogP) is 1.75. The maximum atomic E-state index is 11.3. The van der Waals surface area contributed by atoms with E-state index in [1.165, 1.54) is 11.1 Å². The fourth-order valence-corrected chi connectivity index (χ4v) is 2.47. The highest BCUT2D eigenvalue weighted by atomic mass is 35.5. The topological polar surface area (TPSA) is 46.9 Å². The molecule has 0 spiro atoms. The summed E-state index contributed by atoms with van der Waals surface area (Å²) in [6.45, 7) is 2.11. The molecule has 0 amide bonds. The first-order chi connectivity index (χ1) is 8.25. The van der Waals surface area contributed by atoms with Gasteiger partial charge < -0.3 is 5.32 Å². The Morgan fingerprint density at radius 1 is 1.47 bits per heavy atom. The largest absolute Gasteiger partial charge is 0.347 e. The van der Waals surface area contributed by atoms with Gasteiger partial charge in [-0.2, -0.15) is 0 Å². The van der Waals surface area contributed by atoms with E-state index in [1.807, 2.05) is 12.1 Å². The van der Waals surface area contributed by atoms with Gasteiger partial charge in [0.25, 0.3) is 0 Å². The number of halogens is 1. The Morgan fingerprint density at radius 3 is 3.06 bits per heavy atom. The molecule has 0 atom stereocenters. The monoisotopic (exact) mass is 269 g/mol. The van der Waals surface area contributed by atoms with Crippen molar-refractivity contribution in [3.05, 3.63) is 50.3 Å². The molecule has 2 heterocycles. The van der Waals surface area contributed by atoms with Gasteiger partial charge in [0.1, 0.15) is 0 Å². The molecule has 90 valence electrons. The zero-order valence-electron chi connectivity index (χ0n) is 9.10. The van der Waals surface area contributed by atoms with Crippen LogP contribution in [0, 0.1) is 0 Å². The average Bonchev–Trinajstić information content (AvgIpc) is 2.73. The van der Waals surface area contributed by atoms with Gasteiger partial charge in [-0.25, -0.2) is 9.78 Å². The second-order valence-corrected chi connectivity index (χ2v) is 5.28. The Kier molecular flexibility index (Phi) is 4.30. The SMILES string of the molecule is O=c1ncccn1CCNCc1ccc(Cl)s1. The van der Waals surface area contributed by atoms with Crippen molar-refractivity contribution in [1.29, 1.82) is 0 Å². The smallest absolute Gasteiger partial charge is 0.310 e. The van der Waals surface area contributed by atoms with E-state index in [4.69, 9.17) is 11.6 Å². The molecule has 0 radical (unpaired) electrons. The summed E-state index contributed by atoms with van der Waals surface area (Å²) in [7, 11) is 0. The molecule has 0 saturated carbocycles. The molecule has 0 fully saturated rings. The Morgan fingerprint density at radius 2 is 2.35 bits per heavy atom. The predicted molar refractivity (Wildman–Crippen MR) is 69.5 cm³/mol. The minimum atomic E-state index is -0.214. The van der Waals surface area contributed by atoms with E-state index >= 15 is 0 Å². The molecule has 0 unspecified atom stereocenters. The van der Waals surface area contributed by atoms with Gasteiger partial charge in [0, 0.05) is 36.9 Å². The van der Waals surface area contributed by atoms with Gasteiger partial charge in [0.2, 0.25) is 0 Å². The minimum Gasteiger partial charge on any atom is -0.310 e. The molecule has 2 rings (SSSR count). The quantitative estimate of drug-likeness (QED) is 0.842. The fraction of sp³-hybridized carbons (Fsp3) is 0.273. The number of rotatable bonds is 5. The molecule has 17 heavy (non-hydrogen) atoms. The lowest BCUT2D eigenvalue weighted by molar-refractivity contribution is 0.578. The van der Waals surface area contributed by atoms with Crippen LogP contribution in [0.3, 0.4) is 0 Å². The fourth-order valence-electron chi connectivity index (χ4n) is 1.42. The van der Waals surface area contributed by atoms with Crippen LogP contribution in [0.4, 0.5) is 0 Å². The number of hydrogen-bond acceptors (Lipinski definition) is 4. The van der Waals surface area contributed by atoms with Gasteiger partial charge in [-0.1, -0.05) is 11.6 Å². The number of nitrogens with one attached hydrogen (secondary N) is 1. The molecule has 0 aliphatic heterocycles. The van der Waals surface area contributed by atoms with E-state index in [0.717, 1.165) is 17.4 Å². The van der Waals surface area contributed by atoms with Gasteiger partial charge in [-0.15, -0.1) is 11.3 Å². The lowest BCUT2D eigenvalue weighted by atomic mass is 10.4. The van der Waals surface area contributed by atoms with Crippen molar-refractivity contribution in [2.24, 2.45) is 0 Å². The number of hydrogen-bond donors (Lipinski definition) is 1.